The molecular formula is C15H13N3O2S. The van der Waals surface area contributed by atoms with E-state index in [1.54, 1.807) is 0 Å². The van der Waals surface area contributed by atoms with Gasteiger partial charge in [-0.1, -0.05) is 36.4 Å². The van der Waals surface area contributed by atoms with Crippen LogP contribution in [0.1, 0.15) is 11.5 Å². The Balaban J connectivity index is 1.55. The molecule has 1 amide bonds. The van der Waals surface area contributed by atoms with Gasteiger partial charge < -0.3 is 9.73 Å². The van der Waals surface area contributed by atoms with Crippen LogP contribution in [0, 0.1) is 0 Å². The fourth-order valence-electron chi connectivity index (χ4n) is 1.82. The van der Waals surface area contributed by atoms with Gasteiger partial charge in [-0.2, -0.15) is 0 Å². The molecule has 3 aromatic rings. The molecule has 0 fully saturated rings. The molecule has 21 heavy (non-hydrogen) atoms. The van der Waals surface area contributed by atoms with Crippen molar-refractivity contribution in [3.8, 4) is 10.8 Å². The second-order valence-electron chi connectivity index (χ2n) is 4.42. The van der Waals surface area contributed by atoms with Crippen molar-refractivity contribution in [1.82, 2.24) is 15.5 Å². The van der Waals surface area contributed by atoms with E-state index in [0.29, 0.717) is 18.3 Å². The van der Waals surface area contributed by atoms with Crippen molar-refractivity contribution in [3.05, 3.63) is 59.3 Å². The lowest BCUT2D eigenvalue weighted by Gasteiger charge is -2.03. The first kappa shape index (κ1) is 13.5. The molecule has 106 valence electrons. The van der Waals surface area contributed by atoms with Gasteiger partial charge in [0.05, 0.1) is 4.88 Å². The smallest absolute Gasteiger partial charge is 0.257 e. The predicted octanol–water partition coefficient (Wildman–Crippen LogP) is 2.66. The first-order chi connectivity index (χ1) is 10.3. The van der Waals surface area contributed by atoms with E-state index in [9.17, 15) is 4.79 Å². The number of hydrogen-bond acceptors (Lipinski definition) is 5. The number of nitrogens with zero attached hydrogens (tertiary/aromatic N) is 2. The van der Waals surface area contributed by atoms with Gasteiger partial charge in [-0.15, -0.1) is 21.5 Å². The van der Waals surface area contributed by atoms with E-state index in [-0.39, 0.29) is 12.3 Å². The van der Waals surface area contributed by atoms with Gasteiger partial charge in [-0.05, 0) is 17.0 Å². The number of amides is 1. The minimum absolute atomic E-state index is 0.0885. The molecule has 6 heteroatoms. The van der Waals surface area contributed by atoms with E-state index >= 15 is 0 Å². The van der Waals surface area contributed by atoms with Crippen LogP contribution in [0.15, 0.2) is 52.3 Å². The van der Waals surface area contributed by atoms with E-state index in [0.717, 1.165) is 10.4 Å². The van der Waals surface area contributed by atoms with Crippen LogP contribution < -0.4 is 5.32 Å². The predicted molar refractivity (Wildman–Crippen MR) is 79.6 cm³/mol. The Labute approximate surface area is 125 Å². The van der Waals surface area contributed by atoms with Crippen LogP contribution >= 0.6 is 11.3 Å². The number of carbonyl (C=O) groups excluding carboxylic acids is 1. The van der Waals surface area contributed by atoms with Gasteiger partial charge in [-0.25, -0.2) is 0 Å². The summed E-state index contributed by atoms with van der Waals surface area (Å²) in [4.78, 5) is 12.7. The highest BCUT2D eigenvalue weighted by atomic mass is 32.1. The highest BCUT2D eigenvalue weighted by Crippen LogP contribution is 2.22. The summed E-state index contributed by atoms with van der Waals surface area (Å²) in [5.74, 6) is 0.639. The summed E-state index contributed by atoms with van der Waals surface area (Å²) < 4.78 is 5.48. The number of rotatable bonds is 5. The maximum absolute atomic E-state index is 11.8. The highest BCUT2D eigenvalue weighted by molar-refractivity contribution is 7.13. The zero-order valence-electron chi connectivity index (χ0n) is 11.2. The normalized spacial score (nSPS) is 10.5. The maximum Gasteiger partial charge on any atom is 0.257 e. The minimum Gasteiger partial charge on any atom is -0.419 e. The largest absolute Gasteiger partial charge is 0.419 e. The Morgan fingerprint density at radius 3 is 2.76 bits per heavy atom. The summed E-state index contributed by atoms with van der Waals surface area (Å²) in [6.45, 7) is 0.492. The Morgan fingerprint density at radius 1 is 1.14 bits per heavy atom. The van der Waals surface area contributed by atoms with Crippen LogP contribution in [0.4, 0.5) is 0 Å². The first-order valence-electron chi connectivity index (χ1n) is 6.48. The van der Waals surface area contributed by atoms with Gasteiger partial charge in [0, 0.05) is 6.54 Å². The van der Waals surface area contributed by atoms with Crippen molar-refractivity contribution in [2.24, 2.45) is 0 Å². The molecule has 0 atom stereocenters. The third-order valence-corrected chi connectivity index (χ3v) is 3.70. The van der Waals surface area contributed by atoms with Crippen molar-refractivity contribution in [3.63, 3.8) is 0 Å². The topological polar surface area (TPSA) is 68.0 Å². The summed E-state index contributed by atoms with van der Waals surface area (Å²) >= 11 is 1.52. The fourth-order valence-corrected chi connectivity index (χ4v) is 2.47. The summed E-state index contributed by atoms with van der Waals surface area (Å²) in [5, 5.41) is 12.6. The van der Waals surface area contributed by atoms with Crippen LogP contribution in [0.5, 0.6) is 0 Å². The molecule has 0 unspecified atom stereocenters. The molecule has 0 aliphatic rings. The summed E-state index contributed by atoms with van der Waals surface area (Å²) in [7, 11) is 0. The zero-order valence-corrected chi connectivity index (χ0v) is 12.0. The SMILES string of the molecule is O=C(Cc1nnc(-c2cccs2)o1)NCc1ccccc1. The van der Waals surface area contributed by atoms with Crippen LogP contribution in [-0.4, -0.2) is 16.1 Å². The summed E-state index contributed by atoms with van der Waals surface area (Å²) in [6, 6.07) is 13.5. The lowest BCUT2D eigenvalue weighted by Crippen LogP contribution is -2.24. The molecule has 0 spiro atoms. The summed E-state index contributed by atoms with van der Waals surface area (Å²) in [5.41, 5.74) is 1.05. The van der Waals surface area contributed by atoms with Crippen LogP contribution in [0.3, 0.4) is 0 Å². The van der Waals surface area contributed by atoms with Crippen molar-refractivity contribution < 1.29 is 9.21 Å². The molecule has 2 heterocycles. The fraction of sp³-hybridized carbons (Fsp3) is 0.133. The van der Waals surface area contributed by atoms with E-state index in [4.69, 9.17) is 4.42 Å². The van der Waals surface area contributed by atoms with Crippen molar-refractivity contribution in [2.75, 3.05) is 0 Å². The lowest BCUT2D eigenvalue weighted by atomic mass is 10.2. The van der Waals surface area contributed by atoms with E-state index in [1.165, 1.54) is 11.3 Å². The lowest BCUT2D eigenvalue weighted by molar-refractivity contribution is -0.120. The van der Waals surface area contributed by atoms with Crippen LogP contribution in [-0.2, 0) is 17.8 Å². The Kier molecular flexibility index (Phi) is 4.07. The van der Waals surface area contributed by atoms with Gasteiger partial charge in [0.25, 0.3) is 5.89 Å². The molecule has 3 rings (SSSR count). The Morgan fingerprint density at radius 2 is 2.00 bits per heavy atom. The number of thiophene rings is 1. The molecule has 0 aliphatic carbocycles. The molecule has 0 bridgehead atoms. The number of nitrogens with one attached hydrogen (secondary N) is 1. The highest BCUT2D eigenvalue weighted by Gasteiger charge is 2.12. The molecule has 1 N–H and O–H groups in total. The van der Waals surface area contributed by atoms with Gasteiger partial charge in [0.1, 0.15) is 6.42 Å². The van der Waals surface area contributed by atoms with Crippen molar-refractivity contribution in [2.45, 2.75) is 13.0 Å². The molecule has 1 aromatic carbocycles. The Bertz CT molecular complexity index is 708. The van der Waals surface area contributed by atoms with Crippen molar-refractivity contribution >= 4 is 17.2 Å². The molecule has 0 saturated heterocycles. The number of aromatic nitrogens is 2. The molecule has 0 saturated carbocycles. The minimum atomic E-state index is -0.139. The average Bonchev–Trinajstić information content (AvgIpc) is 3.17. The first-order valence-corrected chi connectivity index (χ1v) is 7.36. The number of benzene rings is 1. The van der Waals surface area contributed by atoms with Crippen LogP contribution in [0.2, 0.25) is 0 Å². The molecule has 5 nitrogen and oxygen atoms in total. The maximum atomic E-state index is 11.8. The number of carbonyl (C=O) groups is 1. The van der Waals surface area contributed by atoms with Crippen LogP contribution in [0.25, 0.3) is 10.8 Å². The molecule has 2 aromatic heterocycles. The number of hydrogen-bond donors (Lipinski definition) is 1. The third-order valence-electron chi connectivity index (χ3n) is 2.84. The standard InChI is InChI=1S/C15H13N3O2S/c19-13(16-10-11-5-2-1-3-6-11)9-14-17-18-15(20-14)12-7-4-8-21-12/h1-8H,9-10H2,(H,16,19). The third kappa shape index (κ3) is 3.55. The second kappa shape index (κ2) is 6.32. The van der Waals surface area contributed by atoms with Crippen molar-refractivity contribution in [1.29, 1.82) is 0 Å². The second-order valence-corrected chi connectivity index (χ2v) is 5.37. The average molecular weight is 299 g/mol. The molecule has 0 radical (unpaired) electrons. The zero-order chi connectivity index (χ0) is 14.5. The summed E-state index contributed by atoms with van der Waals surface area (Å²) in [6.07, 6.45) is 0.0885. The van der Waals surface area contributed by atoms with Gasteiger partial charge >= 0.3 is 0 Å². The molecule has 0 aliphatic heterocycles. The monoisotopic (exact) mass is 299 g/mol. The van der Waals surface area contributed by atoms with E-state index in [2.05, 4.69) is 15.5 Å². The van der Waals surface area contributed by atoms with E-state index in [1.807, 2.05) is 47.8 Å². The van der Waals surface area contributed by atoms with Gasteiger partial charge in [-0.3, -0.25) is 4.79 Å². The quantitative estimate of drug-likeness (QED) is 0.786. The van der Waals surface area contributed by atoms with E-state index < -0.39 is 0 Å². The van der Waals surface area contributed by atoms with Gasteiger partial charge in [0.15, 0.2) is 0 Å². The van der Waals surface area contributed by atoms with Gasteiger partial charge in [0.2, 0.25) is 11.8 Å². The Hall–Kier alpha value is -2.47. The molecular weight excluding hydrogens is 286 g/mol.